The van der Waals surface area contributed by atoms with Gasteiger partial charge in [0.25, 0.3) is 5.91 Å². The van der Waals surface area contributed by atoms with Gasteiger partial charge in [0.1, 0.15) is 30.2 Å². The topological polar surface area (TPSA) is 152 Å². The van der Waals surface area contributed by atoms with E-state index in [1.807, 2.05) is 0 Å². The molecule has 1 aliphatic rings. The monoisotopic (exact) mass is 314 g/mol. The number of hydrazine groups is 1. The van der Waals surface area contributed by atoms with Crippen LogP contribution in [0.1, 0.15) is 10.4 Å². The van der Waals surface area contributed by atoms with E-state index in [0.29, 0.717) is 0 Å². The molecule has 1 aromatic carbocycles. The quantitative estimate of drug-likeness (QED) is 0.299. The van der Waals surface area contributed by atoms with Gasteiger partial charge in [0.15, 0.2) is 6.23 Å². The molecule has 1 saturated heterocycles. The summed E-state index contributed by atoms with van der Waals surface area (Å²) in [5.74, 6) is -0.546. The third-order valence-corrected chi connectivity index (χ3v) is 3.35. The standard InChI is InChI=1S/C13H18N2O7/c16-5-8-9(18)10(19)11(20)13(22-8)15-14-12(21)6-1-3-7(17)4-2-6/h1-4,8-11,13,15-20H,5H2,(H,14,21)/t8-,9+,10+,11+,13+/m0/s1. The molecule has 122 valence electrons. The van der Waals surface area contributed by atoms with Crippen LogP contribution in [0.5, 0.6) is 5.75 Å². The fraction of sp³-hybridized carbons (Fsp3) is 0.462. The number of phenols is 1. The number of amides is 1. The normalized spacial score (nSPS) is 31.7. The van der Waals surface area contributed by atoms with Gasteiger partial charge in [-0.3, -0.25) is 10.2 Å². The van der Waals surface area contributed by atoms with Crippen molar-refractivity contribution in [3.8, 4) is 5.75 Å². The number of hydrogen-bond acceptors (Lipinski definition) is 8. The second kappa shape index (κ2) is 7.01. The van der Waals surface area contributed by atoms with E-state index >= 15 is 0 Å². The Morgan fingerprint density at radius 2 is 1.73 bits per heavy atom. The van der Waals surface area contributed by atoms with Crippen molar-refractivity contribution in [1.29, 1.82) is 0 Å². The maximum Gasteiger partial charge on any atom is 0.265 e. The van der Waals surface area contributed by atoms with Crippen molar-refractivity contribution in [2.75, 3.05) is 6.61 Å². The summed E-state index contributed by atoms with van der Waals surface area (Å²) in [6.45, 7) is -0.560. The molecule has 0 spiro atoms. The Hall–Kier alpha value is -1.75. The first kappa shape index (κ1) is 16.6. The molecule has 9 heteroatoms. The molecule has 0 unspecified atom stereocenters. The first-order valence-electron chi connectivity index (χ1n) is 6.59. The van der Waals surface area contributed by atoms with Crippen LogP contribution in [0.25, 0.3) is 0 Å². The van der Waals surface area contributed by atoms with Crippen molar-refractivity contribution < 1.29 is 35.1 Å². The lowest BCUT2D eigenvalue weighted by molar-refractivity contribution is -0.238. The van der Waals surface area contributed by atoms with Gasteiger partial charge < -0.3 is 30.3 Å². The van der Waals surface area contributed by atoms with E-state index in [0.717, 1.165) is 0 Å². The highest BCUT2D eigenvalue weighted by Gasteiger charge is 2.43. The van der Waals surface area contributed by atoms with Gasteiger partial charge in [-0.05, 0) is 24.3 Å². The number of nitrogens with one attached hydrogen (secondary N) is 2. The van der Waals surface area contributed by atoms with E-state index in [9.17, 15) is 20.1 Å². The van der Waals surface area contributed by atoms with E-state index < -0.39 is 43.2 Å². The molecule has 0 aromatic heterocycles. The number of phenolic OH excluding ortho intramolecular Hbond substituents is 1. The summed E-state index contributed by atoms with van der Waals surface area (Å²) in [6, 6.07) is 5.45. The lowest BCUT2D eigenvalue weighted by Crippen LogP contribution is -2.64. The lowest BCUT2D eigenvalue weighted by Gasteiger charge is -2.40. The van der Waals surface area contributed by atoms with Crippen LogP contribution in [-0.2, 0) is 4.74 Å². The average Bonchev–Trinajstić information content (AvgIpc) is 2.52. The maximum absolute atomic E-state index is 11.8. The molecule has 0 aliphatic carbocycles. The minimum absolute atomic E-state index is 0.0124. The van der Waals surface area contributed by atoms with Gasteiger partial charge in [-0.2, -0.15) is 0 Å². The van der Waals surface area contributed by atoms with Gasteiger partial charge in [0.2, 0.25) is 0 Å². The van der Waals surface area contributed by atoms with E-state index in [-0.39, 0.29) is 11.3 Å². The molecular weight excluding hydrogens is 296 g/mol. The number of aliphatic hydroxyl groups is 4. The Bertz CT molecular complexity index is 508. The molecule has 1 heterocycles. The highest BCUT2D eigenvalue weighted by Crippen LogP contribution is 2.19. The van der Waals surface area contributed by atoms with Crippen molar-refractivity contribution in [2.45, 2.75) is 30.6 Å². The summed E-state index contributed by atoms with van der Waals surface area (Å²) < 4.78 is 5.16. The van der Waals surface area contributed by atoms with E-state index in [1.54, 1.807) is 0 Å². The summed E-state index contributed by atoms with van der Waals surface area (Å²) in [5.41, 5.74) is 4.90. The van der Waals surface area contributed by atoms with Crippen molar-refractivity contribution in [3.63, 3.8) is 0 Å². The predicted octanol–water partition coefficient (Wildman–Crippen LogP) is -2.57. The van der Waals surface area contributed by atoms with Crippen LogP contribution in [0.15, 0.2) is 24.3 Å². The van der Waals surface area contributed by atoms with Gasteiger partial charge in [-0.15, -0.1) is 0 Å². The highest BCUT2D eigenvalue weighted by molar-refractivity contribution is 5.93. The second-order valence-corrected chi connectivity index (χ2v) is 4.89. The Labute approximate surface area is 125 Å². The zero-order chi connectivity index (χ0) is 16.3. The number of aromatic hydroxyl groups is 1. The van der Waals surface area contributed by atoms with Crippen LogP contribution >= 0.6 is 0 Å². The summed E-state index contributed by atoms with van der Waals surface area (Å²) in [5, 5.41) is 47.2. The fourth-order valence-electron chi connectivity index (χ4n) is 2.04. The third-order valence-electron chi connectivity index (χ3n) is 3.35. The third kappa shape index (κ3) is 3.53. The number of benzene rings is 1. The second-order valence-electron chi connectivity index (χ2n) is 4.89. The zero-order valence-electron chi connectivity index (χ0n) is 11.5. The summed E-state index contributed by atoms with van der Waals surface area (Å²) >= 11 is 0. The van der Waals surface area contributed by atoms with Gasteiger partial charge in [0.05, 0.1) is 6.61 Å². The van der Waals surface area contributed by atoms with Gasteiger partial charge in [0, 0.05) is 5.56 Å². The van der Waals surface area contributed by atoms with Crippen LogP contribution in [0.3, 0.4) is 0 Å². The first-order valence-corrected chi connectivity index (χ1v) is 6.59. The minimum atomic E-state index is -1.53. The van der Waals surface area contributed by atoms with Crippen molar-refractivity contribution in [3.05, 3.63) is 29.8 Å². The zero-order valence-corrected chi connectivity index (χ0v) is 11.5. The number of carbonyl (C=O) groups excluding carboxylic acids is 1. The Morgan fingerprint density at radius 1 is 1.09 bits per heavy atom. The molecule has 1 fully saturated rings. The van der Waals surface area contributed by atoms with E-state index in [1.165, 1.54) is 24.3 Å². The largest absolute Gasteiger partial charge is 0.508 e. The van der Waals surface area contributed by atoms with E-state index in [2.05, 4.69) is 10.9 Å². The Morgan fingerprint density at radius 3 is 2.32 bits per heavy atom. The molecule has 5 atom stereocenters. The minimum Gasteiger partial charge on any atom is -0.508 e. The molecule has 22 heavy (non-hydrogen) atoms. The highest BCUT2D eigenvalue weighted by atomic mass is 16.6. The number of aliphatic hydroxyl groups excluding tert-OH is 4. The molecule has 7 N–H and O–H groups in total. The summed E-state index contributed by atoms with van der Waals surface area (Å²) in [7, 11) is 0. The van der Waals surface area contributed by atoms with Gasteiger partial charge >= 0.3 is 0 Å². The molecule has 0 radical (unpaired) electrons. The van der Waals surface area contributed by atoms with Crippen LogP contribution in [0.4, 0.5) is 0 Å². The molecule has 1 aromatic rings. The van der Waals surface area contributed by atoms with Crippen molar-refractivity contribution in [1.82, 2.24) is 10.9 Å². The molecule has 1 amide bonds. The number of hydrogen-bond donors (Lipinski definition) is 7. The molecule has 0 bridgehead atoms. The van der Waals surface area contributed by atoms with Crippen LogP contribution in [-0.4, -0.2) is 68.7 Å². The molecule has 1 aliphatic heterocycles. The van der Waals surface area contributed by atoms with Crippen LogP contribution < -0.4 is 10.9 Å². The number of carbonyl (C=O) groups is 1. The molecule has 2 rings (SSSR count). The average molecular weight is 314 g/mol. The lowest BCUT2D eigenvalue weighted by atomic mass is 9.99. The maximum atomic E-state index is 11.8. The Kier molecular flexibility index (Phi) is 5.29. The number of rotatable bonds is 4. The van der Waals surface area contributed by atoms with Crippen molar-refractivity contribution in [2.24, 2.45) is 0 Å². The molecular formula is C13H18N2O7. The summed E-state index contributed by atoms with van der Waals surface area (Å²) in [4.78, 5) is 11.8. The SMILES string of the molecule is O=C(NN[C@@H]1O[C@@H](CO)[C@@H](O)[C@@H](O)[C@H]1O)c1ccc(O)cc1. The van der Waals surface area contributed by atoms with Gasteiger partial charge in [-0.25, -0.2) is 5.43 Å². The van der Waals surface area contributed by atoms with Crippen LogP contribution in [0.2, 0.25) is 0 Å². The van der Waals surface area contributed by atoms with Gasteiger partial charge in [-0.1, -0.05) is 0 Å². The van der Waals surface area contributed by atoms with Crippen LogP contribution in [0, 0.1) is 0 Å². The van der Waals surface area contributed by atoms with E-state index in [4.69, 9.17) is 14.9 Å². The van der Waals surface area contributed by atoms with Crippen molar-refractivity contribution >= 4 is 5.91 Å². The Balaban J connectivity index is 1.95. The molecule has 0 saturated carbocycles. The fourth-order valence-corrected chi connectivity index (χ4v) is 2.04. The first-order chi connectivity index (χ1) is 10.4. The summed E-state index contributed by atoms with van der Waals surface area (Å²) in [6.07, 6.45) is -6.78. The number of ether oxygens (including phenoxy) is 1. The predicted molar refractivity (Wildman–Crippen MR) is 72.5 cm³/mol. The smallest absolute Gasteiger partial charge is 0.265 e. The molecule has 9 nitrogen and oxygen atoms in total.